The van der Waals surface area contributed by atoms with Crippen LogP contribution in [0.2, 0.25) is 5.02 Å². The molecular formula is C17H18ClN3O2. The third-order valence-electron chi connectivity index (χ3n) is 3.40. The van der Waals surface area contributed by atoms with Crippen LogP contribution in [0, 0.1) is 0 Å². The number of rotatable bonds is 5. The fourth-order valence-electron chi connectivity index (χ4n) is 2.15. The molecule has 0 spiro atoms. The first-order chi connectivity index (χ1) is 11.0. The van der Waals surface area contributed by atoms with Gasteiger partial charge in [0.2, 0.25) is 0 Å². The minimum atomic E-state index is -0.583. The lowest BCUT2D eigenvalue weighted by Gasteiger charge is -2.16. The van der Waals surface area contributed by atoms with Gasteiger partial charge < -0.3 is 16.4 Å². The lowest BCUT2D eigenvalue weighted by Crippen LogP contribution is -2.29. The maximum absolute atomic E-state index is 12.3. The Morgan fingerprint density at radius 3 is 2.39 bits per heavy atom. The van der Waals surface area contributed by atoms with Crippen LogP contribution in [-0.2, 0) is 6.54 Å². The van der Waals surface area contributed by atoms with Crippen LogP contribution >= 0.6 is 11.6 Å². The Morgan fingerprint density at radius 1 is 1.13 bits per heavy atom. The average molecular weight is 332 g/mol. The summed E-state index contributed by atoms with van der Waals surface area (Å²) in [5, 5.41) is 6.02. The Hall–Kier alpha value is -2.53. The third kappa shape index (κ3) is 4.72. The van der Waals surface area contributed by atoms with Gasteiger partial charge in [-0.3, -0.25) is 4.79 Å². The van der Waals surface area contributed by atoms with E-state index in [1.54, 1.807) is 30.3 Å². The van der Waals surface area contributed by atoms with Crippen LogP contribution in [0.15, 0.2) is 48.5 Å². The molecule has 0 aromatic heterocycles. The van der Waals surface area contributed by atoms with E-state index in [9.17, 15) is 9.59 Å². The van der Waals surface area contributed by atoms with E-state index in [4.69, 9.17) is 17.3 Å². The molecule has 6 heteroatoms. The SMILES string of the molecule is CC(NC(=O)c1ccc(CNC(N)=O)cc1)c1ccccc1Cl. The van der Waals surface area contributed by atoms with E-state index in [2.05, 4.69) is 10.6 Å². The summed E-state index contributed by atoms with van der Waals surface area (Å²) in [5.74, 6) is -0.188. The molecule has 0 aliphatic rings. The minimum Gasteiger partial charge on any atom is -0.352 e. The van der Waals surface area contributed by atoms with Crippen LogP contribution in [0.3, 0.4) is 0 Å². The molecule has 1 atom stereocenters. The predicted molar refractivity (Wildman–Crippen MR) is 90.2 cm³/mol. The Balaban J connectivity index is 2.00. The summed E-state index contributed by atoms with van der Waals surface area (Å²) < 4.78 is 0. The van der Waals surface area contributed by atoms with Crippen molar-refractivity contribution in [2.75, 3.05) is 0 Å². The lowest BCUT2D eigenvalue weighted by atomic mass is 10.1. The standard InChI is InChI=1S/C17H18ClN3O2/c1-11(14-4-2-3-5-15(14)18)21-16(22)13-8-6-12(7-9-13)10-20-17(19)23/h2-9,11H,10H2,1H3,(H,21,22)(H3,19,20,23). The van der Waals surface area contributed by atoms with Gasteiger partial charge in [0, 0.05) is 17.1 Å². The van der Waals surface area contributed by atoms with Crippen LogP contribution in [0.5, 0.6) is 0 Å². The molecule has 2 rings (SSSR count). The second-order valence-electron chi connectivity index (χ2n) is 5.13. The third-order valence-corrected chi connectivity index (χ3v) is 3.75. The molecule has 4 N–H and O–H groups in total. The number of nitrogens with two attached hydrogens (primary N) is 1. The molecular weight excluding hydrogens is 314 g/mol. The Bertz CT molecular complexity index is 701. The van der Waals surface area contributed by atoms with Gasteiger partial charge in [0.15, 0.2) is 0 Å². The van der Waals surface area contributed by atoms with Gasteiger partial charge in [-0.25, -0.2) is 4.79 Å². The van der Waals surface area contributed by atoms with E-state index in [-0.39, 0.29) is 11.9 Å². The molecule has 0 radical (unpaired) electrons. The van der Waals surface area contributed by atoms with Crippen molar-refractivity contribution in [3.8, 4) is 0 Å². The van der Waals surface area contributed by atoms with Gasteiger partial charge in [0.05, 0.1) is 6.04 Å². The van der Waals surface area contributed by atoms with E-state index in [1.165, 1.54) is 0 Å². The van der Waals surface area contributed by atoms with Gasteiger partial charge in [-0.15, -0.1) is 0 Å². The Morgan fingerprint density at radius 2 is 1.78 bits per heavy atom. The summed E-state index contributed by atoms with van der Waals surface area (Å²) in [4.78, 5) is 22.9. The summed E-state index contributed by atoms with van der Waals surface area (Å²) in [7, 11) is 0. The van der Waals surface area contributed by atoms with Crippen LogP contribution in [0.25, 0.3) is 0 Å². The quantitative estimate of drug-likeness (QED) is 0.786. The second kappa shape index (κ2) is 7.65. The number of halogens is 1. The van der Waals surface area contributed by atoms with E-state index < -0.39 is 6.03 Å². The number of urea groups is 1. The molecule has 23 heavy (non-hydrogen) atoms. The van der Waals surface area contributed by atoms with Gasteiger partial charge in [-0.1, -0.05) is 41.9 Å². The van der Waals surface area contributed by atoms with E-state index in [0.29, 0.717) is 17.1 Å². The highest BCUT2D eigenvalue weighted by Gasteiger charge is 2.13. The lowest BCUT2D eigenvalue weighted by molar-refractivity contribution is 0.0940. The second-order valence-corrected chi connectivity index (χ2v) is 5.54. The maximum atomic E-state index is 12.3. The molecule has 120 valence electrons. The molecule has 0 bridgehead atoms. The van der Waals surface area contributed by atoms with Gasteiger partial charge >= 0.3 is 6.03 Å². The van der Waals surface area contributed by atoms with E-state index in [1.807, 2.05) is 25.1 Å². The molecule has 0 aliphatic heterocycles. The number of primary amides is 1. The van der Waals surface area contributed by atoms with Gasteiger partial charge in [-0.05, 0) is 36.2 Å². The highest BCUT2D eigenvalue weighted by molar-refractivity contribution is 6.31. The molecule has 0 saturated carbocycles. The van der Waals surface area contributed by atoms with E-state index >= 15 is 0 Å². The Labute approximate surface area is 139 Å². The number of carbonyl (C=O) groups is 2. The first kappa shape index (κ1) is 16.8. The maximum Gasteiger partial charge on any atom is 0.312 e. The molecule has 0 fully saturated rings. The summed E-state index contributed by atoms with van der Waals surface area (Å²) in [6.45, 7) is 2.21. The number of nitrogens with one attached hydrogen (secondary N) is 2. The Kier molecular flexibility index (Phi) is 5.60. The van der Waals surface area contributed by atoms with Gasteiger partial charge in [-0.2, -0.15) is 0 Å². The topological polar surface area (TPSA) is 84.2 Å². The van der Waals surface area contributed by atoms with Crippen LogP contribution in [-0.4, -0.2) is 11.9 Å². The van der Waals surface area contributed by atoms with Crippen molar-refractivity contribution in [1.29, 1.82) is 0 Å². The monoisotopic (exact) mass is 331 g/mol. The smallest absolute Gasteiger partial charge is 0.312 e. The number of carbonyl (C=O) groups excluding carboxylic acids is 2. The molecule has 2 aromatic rings. The molecule has 2 aromatic carbocycles. The molecule has 0 aliphatic carbocycles. The summed E-state index contributed by atoms with van der Waals surface area (Å²) in [6, 6.07) is 13.6. The highest BCUT2D eigenvalue weighted by atomic mass is 35.5. The van der Waals surface area contributed by atoms with Crippen molar-refractivity contribution < 1.29 is 9.59 Å². The van der Waals surface area contributed by atoms with Crippen molar-refractivity contribution in [2.24, 2.45) is 5.73 Å². The van der Waals surface area contributed by atoms with Gasteiger partial charge in [0.25, 0.3) is 5.91 Å². The summed E-state index contributed by atoms with van der Waals surface area (Å²) in [6.07, 6.45) is 0. The molecule has 1 unspecified atom stereocenters. The number of amides is 3. The predicted octanol–water partition coefficient (Wildman–Crippen LogP) is 3.00. The van der Waals surface area contributed by atoms with Crippen LogP contribution in [0.1, 0.15) is 34.5 Å². The van der Waals surface area contributed by atoms with Crippen molar-refractivity contribution in [3.05, 3.63) is 70.2 Å². The number of hydrogen-bond donors (Lipinski definition) is 3. The summed E-state index contributed by atoms with van der Waals surface area (Å²) >= 11 is 6.13. The summed E-state index contributed by atoms with van der Waals surface area (Å²) in [5.41, 5.74) is 7.28. The molecule has 0 heterocycles. The fourth-order valence-corrected chi connectivity index (χ4v) is 2.45. The highest BCUT2D eigenvalue weighted by Crippen LogP contribution is 2.22. The zero-order valence-corrected chi connectivity index (χ0v) is 13.4. The number of benzene rings is 2. The largest absolute Gasteiger partial charge is 0.352 e. The average Bonchev–Trinajstić information content (AvgIpc) is 2.53. The first-order valence-corrected chi connectivity index (χ1v) is 7.52. The van der Waals surface area contributed by atoms with E-state index in [0.717, 1.165) is 11.1 Å². The normalized spacial score (nSPS) is 11.6. The van der Waals surface area contributed by atoms with Crippen molar-refractivity contribution in [1.82, 2.24) is 10.6 Å². The van der Waals surface area contributed by atoms with Crippen molar-refractivity contribution in [3.63, 3.8) is 0 Å². The minimum absolute atomic E-state index is 0.188. The van der Waals surface area contributed by atoms with Crippen LogP contribution < -0.4 is 16.4 Å². The number of hydrogen-bond acceptors (Lipinski definition) is 2. The zero-order chi connectivity index (χ0) is 16.8. The molecule has 5 nitrogen and oxygen atoms in total. The fraction of sp³-hybridized carbons (Fsp3) is 0.176. The molecule has 3 amide bonds. The van der Waals surface area contributed by atoms with Crippen molar-refractivity contribution >= 4 is 23.5 Å². The van der Waals surface area contributed by atoms with Crippen molar-refractivity contribution in [2.45, 2.75) is 19.5 Å². The van der Waals surface area contributed by atoms with Crippen LogP contribution in [0.4, 0.5) is 4.79 Å². The zero-order valence-electron chi connectivity index (χ0n) is 12.7. The first-order valence-electron chi connectivity index (χ1n) is 7.15. The van der Waals surface area contributed by atoms with Gasteiger partial charge in [0.1, 0.15) is 0 Å². The molecule has 0 saturated heterocycles.